The van der Waals surface area contributed by atoms with E-state index in [9.17, 15) is 9.59 Å². The Kier molecular flexibility index (Phi) is 4.48. The second kappa shape index (κ2) is 6.79. The van der Waals surface area contributed by atoms with Gasteiger partial charge in [0.25, 0.3) is 0 Å². The van der Waals surface area contributed by atoms with Gasteiger partial charge in [-0.05, 0) is 31.9 Å². The number of amides is 2. The van der Waals surface area contributed by atoms with E-state index in [-0.39, 0.29) is 11.8 Å². The molecule has 0 bridgehead atoms. The molecule has 2 fully saturated rings. The average Bonchev–Trinajstić information content (AvgIpc) is 3.33. The van der Waals surface area contributed by atoms with E-state index in [2.05, 4.69) is 9.97 Å². The van der Waals surface area contributed by atoms with E-state index in [1.807, 2.05) is 40.3 Å². The van der Waals surface area contributed by atoms with Crippen molar-refractivity contribution in [2.24, 2.45) is 5.41 Å². The number of aryl methyl sites for hydroxylation is 1. The summed E-state index contributed by atoms with van der Waals surface area (Å²) >= 11 is 1.56. The second-order valence-corrected chi connectivity index (χ2v) is 8.24. The maximum atomic E-state index is 13.0. The van der Waals surface area contributed by atoms with Gasteiger partial charge in [-0.25, -0.2) is 4.98 Å². The number of pyridine rings is 1. The summed E-state index contributed by atoms with van der Waals surface area (Å²) in [4.78, 5) is 38.0. The third-order valence-corrected chi connectivity index (χ3v) is 6.21. The lowest BCUT2D eigenvalue weighted by atomic mass is 9.85. The normalized spacial score (nSPS) is 22.6. The maximum Gasteiger partial charge on any atom is 0.231 e. The van der Waals surface area contributed by atoms with E-state index in [1.165, 1.54) is 0 Å². The number of rotatable bonds is 4. The van der Waals surface area contributed by atoms with Crippen LogP contribution in [0.5, 0.6) is 0 Å². The minimum atomic E-state index is -0.400. The molecule has 0 aliphatic carbocycles. The van der Waals surface area contributed by atoms with Crippen LogP contribution in [-0.4, -0.2) is 51.2 Å². The number of carbonyl (C=O) groups is 2. The van der Waals surface area contributed by atoms with E-state index < -0.39 is 5.41 Å². The number of carbonyl (C=O) groups excluding carboxylic acids is 2. The molecule has 6 nitrogen and oxygen atoms in total. The summed E-state index contributed by atoms with van der Waals surface area (Å²) in [6.45, 7) is 4.42. The molecule has 0 N–H and O–H groups in total. The molecule has 136 valence electrons. The van der Waals surface area contributed by atoms with Gasteiger partial charge in [0.2, 0.25) is 11.8 Å². The van der Waals surface area contributed by atoms with Gasteiger partial charge in [-0.15, -0.1) is 11.3 Å². The monoisotopic (exact) mass is 370 g/mol. The van der Waals surface area contributed by atoms with Gasteiger partial charge in [0.1, 0.15) is 0 Å². The third kappa shape index (κ3) is 3.23. The number of aromatic nitrogens is 2. The first-order chi connectivity index (χ1) is 12.6. The first-order valence-electron chi connectivity index (χ1n) is 8.94. The van der Waals surface area contributed by atoms with Crippen LogP contribution in [0.3, 0.4) is 0 Å². The van der Waals surface area contributed by atoms with Crippen molar-refractivity contribution in [3.8, 4) is 0 Å². The predicted octanol–water partition coefficient (Wildman–Crippen LogP) is 2.04. The summed E-state index contributed by atoms with van der Waals surface area (Å²) in [5.74, 6) is 0.242. The zero-order valence-corrected chi connectivity index (χ0v) is 15.7. The number of nitrogens with zero attached hydrogens (tertiary/aromatic N) is 4. The second-order valence-electron chi connectivity index (χ2n) is 7.18. The predicted molar refractivity (Wildman–Crippen MR) is 98.5 cm³/mol. The minimum absolute atomic E-state index is 0.0724. The molecule has 1 atom stereocenters. The van der Waals surface area contributed by atoms with Gasteiger partial charge in [-0.3, -0.25) is 14.6 Å². The fourth-order valence-electron chi connectivity index (χ4n) is 3.95. The Morgan fingerprint density at radius 1 is 1.27 bits per heavy atom. The van der Waals surface area contributed by atoms with Gasteiger partial charge in [0.05, 0.1) is 34.8 Å². The molecule has 4 heterocycles. The maximum absolute atomic E-state index is 13.0. The summed E-state index contributed by atoms with van der Waals surface area (Å²) < 4.78 is 0. The Morgan fingerprint density at radius 3 is 2.85 bits per heavy atom. The number of hydrogen-bond acceptors (Lipinski definition) is 5. The van der Waals surface area contributed by atoms with Gasteiger partial charge < -0.3 is 9.80 Å². The molecule has 2 aliphatic heterocycles. The Labute approximate surface area is 156 Å². The molecule has 4 rings (SSSR count). The molecule has 2 saturated heterocycles. The molecule has 2 aromatic heterocycles. The Balaban J connectivity index is 1.39. The van der Waals surface area contributed by atoms with Crippen molar-refractivity contribution in [3.05, 3.63) is 46.2 Å². The molecule has 7 heteroatoms. The Morgan fingerprint density at radius 2 is 2.12 bits per heavy atom. The molecular weight excluding hydrogens is 348 g/mol. The molecule has 0 radical (unpaired) electrons. The highest BCUT2D eigenvalue weighted by Crippen LogP contribution is 2.41. The van der Waals surface area contributed by atoms with Crippen molar-refractivity contribution in [2.75, 3.05) is 19.6 Å². The summed E-state index contributed by atoms with van der Waals surface area (Å²) in [5.41, 5.74) is 1.33. The fraction of sp³-hybridized carbons (Fsp3) is 0.474. The minimum Gasteiger partial charge on any atom is -0.341 e. The van der Waals surface area contributed by atoms with Crippen LogP contribution in [0.2, 0.25) is 0 Å². The van der Waals surface area contributed by atoms with Gasteiger partial charge in [0.15, 0.2) is 0 Å². The van der Waals surface area contributed by atoms with Crippen LogP contribution in [0, 0.1) is 12.3 Å². The quantitative estimate of drug-likeness (QED) is 0.826. The highest BCUT2D eigenvalue weighted by Gasteiger charge is 2.51. The standard InChI is InChI=1S/C19H22N4O2S/c1-14-21-16(12-26-14)10-17(24)23-9-6-19(13-23)5-8-22(18(19)25)11-15-4-2-3-7-20-15/h2-4,7,12H,5-6,8-11,13H2,1H3. The van der Waals surface area contributed by atoms with Crippen LogP contribution >= 0.6 is 11.3 Å². The summed E-state index contributed by atoms with van der Waals surface area (Å²) in [6.07, 6.45) is 3.65. The average molecular weight is 370 g/mol. The van der Waals surface area contributed by atoms with Crippen LogP contribution in [0.4, 0.5) is 0 Å². The molecule has 26 heavy (non-hydrogen) atoms. The van der Waals surface area contributed by atoms with Crippen LogP contribution in [0.15, 0.2) is 29.8 Å². The van der Waals surface area contributed by atoms with Gasteiger partial charge in [-0.1, -0.05) is 6.07 Å². The first-order valence-corrected chi connectivity index (χ1v) is 9.82. The Bertz CT molecular complexity index is 822. The molecule has 2 aromatic rings. The number of hydrogen-bond donors (Lipinski definition) is 0. The lowest BCUT2D eigenvalue weighted by Gasteiger charge is -2.23. The molecule has 0 aromatic carbocycles. The summed E-state index contributed by atoms with van der Waals surface area (Å²) in [5, 5.41) is 2.91. The largest absolute Gasteiger partial charge is 0.341 e. The van der Waals surface area contributed by atoms with Gasteiger partial charge in [0, 0.05) is 31.2 Å². The van der Waals surface area contributed by atoms with E-state index in [0.29, 0.717) is 26.1 Å². The fourth-order valence-corrected chi connectivity index (χ4v) is 4.56. The van der Waals surface area contributed by atoms with Crippen LogP contribution in [-0.2, 0) is 22.6 Å². The summed E-state index contributed by atoms with van der Waals surface area (Å²) in [6, 6.07) is 5.76. The van der Waals surface area contributed by atoms with E-state index in [0.717, 1.165) is 35.8 Å². The summed E-state index contributed by atoms with van der Waals surface area (Å²) in [7, 11) is 0. The van der Waals surface area contributed by atoms with Crippen LogP contribution < -0.4 is 0 Å². The third-order valence-electron chi connectivity index (χ3n) is 5.39. The van der Waals surface area contributed by atoms with Gasteiger partial charge >= 0.3 is 0 Å². The lowest BCUT2D eigenvalue weighted by molar-refractivity contribution is -0.136. The molecule has 2 aliphatic rings. The smallest absolute Gasteiger partial charge is 0.231 e. The van der Waals surface area contributed by atoms with Gasteiger partial charge in [-0.2, -0.15) is 0 Å². The molecule has 0 saturated carbocycles. The van der Waals surface area contributed by atoms with E-state index in [4.69, 9.17) is 0 Å². The topological polar surface area (TPSA) is 66.4 Å². The highest BCUT2D eigenvalue weighted by atomic mass is 32.1. The lowest BCUT2D eigenvalue weighted by Crippen LogP contribution is -2.38. The zero-order valence-electron chi connectivity index (χ0n) is 14.9. The molecular formula is C19H22N4O2S. The van der Waals surface area contributed by atoms with E-state index in [1.54, 1.807) is 17.5 Å². The van der Waals surface area contributed by atoms with Crippen molar-refractivity contribution in [2.45, 2.75) is 32.7 Å². The Hall–Kier alpha value is -2.28. The SMILES string of the molecule is Cc1nc(CC(=O)N2CCC3(CCN(Cc4ccccn4)C3=O)C2)cs1. The van der Waals surface area contributed by atoms with Crippen molar-refractivity contribution < 1.29 is 9.59 Å². The molecule has 1 spiro atoms. The highest BCUT2D eigenvalue weighted by molar-refractivity contribution is 7.09. The van der Waals surface area contributed by atoms with Crippen molar-refractivity contribution in [1.29, 1.82) is 0 Å². The zero-order chi connectivity index (χ0) is 18.1. The van der Waals surface area contributed by atoms with Crippen molar-refractivity contribution in [1.82, 2.24) is 19.8 Å². The first kappa shape index (κ1) is 17.1. The molecule has 1 unspecified atom stereocenters. The van der Waals surface area contributed by atoms with Crippen LogP contribution in [0.25, 0.3) is 0 Å². The molecule has 2 amide bonds. The van der Waals surface area contributed by atoms with Crippen LogP contribution in [0.1, 0.15) is 29.2 Å². The number of likely N-dealkylation sites (tertiary alicyclic amines) is 2. The van der Waals surface area contributed by atoms with Crippen molar-refractivity contribution in [3.63, 3.8) is 0 Å². The van der Waals surface area contributed by atoms with E-state index >= 15 is 0 Å². The number of thiazole rings is 1. The van der Waals surface area contributed by atoms with Crippen molar-refractivity contribution >= 4 is 23.2 Å².